The molecule has 0 unspecified atom stereocenters. The minimum atomic E-state index is -0.378. The van der Waals surface area contributed by atoms with Gasteiger partial charge >= 0.3 is 0 Å². The van der Waals surface area contributed by atoms with Crippen molar-refractivity contribution in [1.29, 1.82) is 5.26 Å². The van der Waals surface area contributed by atoms with E-state index >= 15 is 0 Å². The number of hydrogen-bond acceptors (Lipinski definition) is 5. The SMILES string of the molecule is N#Cc1ccc(N2CCN(C(=O)CCCCN3CCOCC3)CC2)c(F)c1. The van der Waals surface area contributed by atoms with Gasteiger partial charge in [-0.2, -0.15) is 5.26 Å². The number of carbonyl (C=O) groups is 1. The Balaban J connectivity index is 1.38. The highest BCUT2D eigenvalue weighted by Gasteiger charge is 2.22. The van der Waals surface area contributed by atoms with Crippen molar-refractivity contribution in [3.05, 3.63) is 29.6 Å². The Hall–Kier alpha value is -2.17. The van der Waals surface area contributed by atoms with Crippen molar-refractivity contribution in [3.63, 3.8) is 0 Å². The highest BCUT2D eigenvalue weighted by Crippen LogP contribution is 2.22. The van der Waals surface area contributed by atoms with Crippen molar-refractivity contribution < 1.29 is 13.9 Å². The van der Waals surface area contributed by atoms with Gasteiger partial charge in [0.05, 0.1) is 30.5 Å². The minimum Gasteiger partial charge on any atom is -0.379 e. The van der Waals surface area contributed by atoms with Gasteiger partial charge in [-0.3, -0.25) is 9.69 Å². The second-order valence-electron chi connectivity index (χ2n) is 7.06. The van der Waals surface area contributed by atoms with Gasteiger partial charge in [-0.1, -0.05) is 0 Å². The van der Waals surface area contributed by atoms with Crippen molar-refractivity contribution in [1.82, 2.24) is 9.80 Å². The largest absolute Gasteiger partial charge is 0.379 e. The smallest absolute Gasteiger partial charge is 0.222 e. The highest BCUT2D eigenvalue weighted by molar-refractivity contribution is 5.76. The number of unbranched alkanes of at least 4 members (excludes halogenated alkanes) is 1. The number of amides is 1. The first-order valence-electron chi connectivity index (χ1n) is 9.70. The molecular weight excluding hydrogens is 347 g/mol. The molecule has 7 heteroatoms. The lowest BCUT2D eigenvalue weighted by Crippen LogP contribution is -2.49. The third-order valence-corrected chi connectivity index (χ3v) is 5.27. The Morgan fingerprint density at radius 3 is 2.52 bits per heavy atom. The first-order valence-corrected chi connectivity index (χ1v) is 9.70. The third kappa shape index (κ3) is 5.41. The second kappa shape index (κ2) is 9.67. The van der Waals surface area contributed by atoms with Crippen molar-refractivity contribution in [2.24, 2.45) is 0 Å². The molecule has 2 fully saturated rings. The zero-order chi connectivity index (χ0) is 19.1. The Labute approximate surface area is 160 Å². The van der Waals surface area contributed by atoms with Gasteiger partial charge in [0.15, 0.2) is 0 Å². The fourth-order valence-electron chi connectivity index (χ4n) is 3.62. The van der Waals surface area contributed by atoms with Gasteiger partial charge in [0.1, 0.15) is 5.82 Å². The van der Waals surface area contributed by atoms with E-state index in [2.05, 4.69) is 4.90 Å². The van der Waals surface area contributed by atoms with E-state index in [0.717, 1.165) is 45.7 Å². The third-order valence-electron chi connectivity index (χ3n) is 5.27. The monoisotopic (exact) mass is 374 g/mol. The fraction of sp³-hybridized carbons (Fsp3) is 0.600. The van der Waals surface area contributed by atoms with E-state index in [1.165, 1.54) is 6.07 Å². The summed E-state index contributed by atoms with van der Waals surface area (Å²) >= 11 is 0. The lowest BCUT2D eigenvalue weighted by atomic mass is 10.1. The Kier molecular flexibility index (Phi) is 7.02. The molecule has 0 saturated carbocycles. The highest BCUT2D eigenvalue weighted by atomic mass is 19.1. The van der Waals surface area contributed by atoms with Crippen molar-refractivity contribution in [2.75, 3.05) is 63.9 Å². The molecular formula is C20H27FN4O2. The zero-order valence-corrected chi connectivity index (χ0v) is 15.7. The standard InChI is InChI=1S/C20H27FN4O2/c21-18-15-17(16-22)4-5-19(18)24-7-9-25(10-8-24)20(26)3-1-2-6-23-11-13-27-14-12-23/h4-5,15H,1-3,6-14H2. The van der Waals surface area contributed by atoms with Crippen LogP contribution in [0, 0.1) is 17.1 Å². The summed E-state index contributed by atoms with van der Waals surface area (Å²) in [5.41, 5.74) is 0.828. The predicted molar refractivity (Wildman–Crippen MR) is 101 cm³/mol. The summed E-state index contributed by atoms with van der Waals surface area (Å²) in [6.45, 7) is 7.08. The maximum atomic E-state index is 14.2. The summed E-state index contributed by atoms with van der Waals surface area (Å²) in [4.78, 5) is 18.6. The summed E-state index contributed by atoms with van der Waals surface area (Å²) in [5.74, 6) is -0.186. The molecule has 6 nitrogen and oxygen atoms in total. The second-order valence-corrected chi connectivity index (χ2v) is 7.06. The fourth-order valence-corrected chi connectivity index (χ4v) is 3.62. The van der Waals surface area contributed by atoms with Gasteiger partial charge in [-0.15, -0.1) is 0 Å². The molecule has 2 aliphatic rings. The zero-order valence-electron chi connectivity index (χ0n) is 15.7. The first-order chi connectivity index (χ1) is 13.2. The molecule has 27 heavy (non-hydrogen) atoms. The molecule has 0 N–H and O–H groups in total. The van der Waals surface area contributed by atoms with Gasteiger partial charge in [0, 0.05) is 45.7 Å². The van der Waals surface area contributed by atoms with Crippen LogP contribution < -0.4 is 4.90 Å². The normalized spacial score (nSPS) is 18.4. The van der Waals surface area contributed by atoms with Gasteiger partial charge in [-0.25, -0.2) is 4.39 Å². The van der Waals surface area contributed by atoms with Gasteiger partial charge < -0.3 is 14.5 Å². The lowest BCUT2D eigenvalue weighted by molar-refractivity contribution is -0.131. The van der Waals surface area contributed by atoms with E-state index in [1.54, 1.807) is 12.1 Å². The van der Waals surface area contributed by atoms with Crippen LogP contribution in [0.15, 0.2) is 18.2 Å². The molecule has 0 radical (unpaired) electrons. The number of hydrogen-bond donors (Lipinski definition) is 0. The number of nitriles is 1. The van der Waals surface area contributed by atoms with Crippen LogP contribution in [-0.4, -0.2) is 74.7 Å². The molecule has 3 rings (SSSR count). The first kappa shape index (κ1) is 19.6. The van der Waals surface area contributed by atoms with E-state index < -0.39 is 0 Å². The van der Waals surface area contributed by atoms with E-state index in [9.17, 15) is 9.18 Å². The molecule has 0 spiro atoms. The maximum absolute atomic E-state index is 14.2. The van der Waals surface area contributed by atoms with Crippen LogP contribution in [0.2, 0.25) is 0 Å². The van der Waals surface area contributed by atoms with Crippen LogP contribution in [0.1, 0.15) is 24.8 Å². The molecule has 1 aromatic rings. The average molecular weight is 374 g/mol. The Morgan fingerprint density at radius 2 is 1.85 bits per heavy atom. The van der Waals surface area contributed by atoms with Crippen LogP contribution in [0.5, 0.6) is 0 Å². The van der Waals surface area contributed by atoms with Crippen molar-refractivity contribution in [2.45, 2.75) is 19.3 Å². The van der Waals surface area contributed by atoms with Gasteiger partial charge in [-0.05, 0) is 37.6 Å². The molecule has 2 aliphatic heterocycles. The number of nitrogens with zero attached hydrogens (tertiary/aromatic N) is 4. The predicted octanol–water partition coefficient (Wildman–Crippen LogP) is 1.85. The van der Waals surface area contributed by atoms with E-state index in [0.29, 0.717) is 43.9 Å². The number of anilines is 1. The van der Waals surface area contributed by atoms with Gasteiger partial charge in [0.2, 0.25) is 5.91 Å². The maximum Gasteiger partial charge on any atom is 0.222 e. The minimum absolute atomic E-state index is 0.192. The van der Waals surface area contributed by atoms with Crippen LogP contribution in [0.3, 0.4) is 0 Å². The lowest BCUT2D eigenvalue weighted by Gasteiger charge is -2.36. The molecule has 0 atom stereocenters. The topological polar surface area (TPSA) is 59.8 Å². The van der Waals surface area contributed by atoms with Crippen LogP contribution in [0.4, 0.5) is 10.1 Å². The summed E-state index contributed by atoms with van der Waals surface area (Å²) in [6, 6.07) is 6.49. The van der Waals surface area contributed by atoms with Crippen LogP contribution >= 0.6 is 0 Å². The number of rotatable bonds is 6. The molecule has 2 saturated heterocycles. The molecule has 0 aromatic heterocycles. The molecule has 1 amide bonds. The van der Waals surface area contributed by atoms with E-state index in [4.69, 9.17) is 10.00 Å². The summed E-state index contributed by atoms with van der Waals surface area (Å²) in [7, 11) is 0. The van der Waals surface area contributed by atoms with Gasteiger partial charge in [0.25, 0.3) is 0 Å². The van der Waals surface area contributed by atoms with Crippen molar-refractivity contribution >= 4 is 11.6 Å². The number of carbonyl (C=O) groups excluding carboxylic acids is 1. The molecule has 0 aliphatic carbocycles. The van der Waals surface area contributed by atoms with Crippen LogP contribution in [0.25, 0.3) is 0 Å². The Morgan fingerprint density at radius 1 is 1.11 bits per heavy atom. The number of ether oxygens (including phenoxy) is 1. The molecule has 2 heterocycles. The average Bonchev–Trinajstić information content (AvgIpc) is 2.72. The number of morpholine rings is 1. The van der Waals surface area contributed by atoms with E-state index in [-0.39, 0.29) is 11.7 Å². The Bertz CT molecular complexity index is 677. The quantitative estimate of drug-likeness (QED) is 0.711. The van der Waals surface area contributed by atoms with Crippen molar-refractivity contribution in [3.8, 4) is 6.07 Å². The summed E-state index contributed by atoms with van der Waals surface area (Å²) < 4.78 is 19.5. The van der Waals surface area contributed by atoms with E-state index in [1.807, 2.05) is 15.9 Å². The molecule has 0 bridgehead atoms. The van der Waals surface area contributed by atoms with Crippen LogP contribution in [-0.2, 0) is 9.53 Å². The number of benzene rings is 1. The number of piperazine rings is 1. The summed E-state index contributed by atoms with van der Waals surface area (Å²) in [5, 5.41) is 8.84. The summed E-state index contributed by atoms with van der Waals surface area (Å²) in [6.07, 6.45) is 2.51. The number of halogens is 1. The molecule has 1 aromatic carbocycles. The molecule has 146 valence electrons.